The SMILES string of the molecule is N#CC=C1CCN(c2ccc(N3CC(CNC(=O)C(F)F)OC3=O)cc2F)C[C@H]1F. The number of hydrogen-bond donors (Lipinski definition) is 1. The van der Waals surface area contributed by atoms with Gasteiger partial charge in [-0.15, -0.1) is 0 Å². The third-order valence-corrected chi connectivity index (χ3v) is 4.86. The molecule has 160 valence electrons. The number of amides is 2. The number of hydrogen-bond acceptors (Lipinski definition) is 5. The van der Waals surface area contributed by atoms with Crippen LogP contribution in [0.15, 0.2) is 29.8 Å². The van der Waals surface area contributed by atoms with Crippen molar-refractivity contribution in [3.63, 3.8) is 0 Å². The van der Waals surface area contributed by atoms with Gasteiger partial charge in [0.05, 0.1) is 37.1 Å². The lowest BCUT2D eigenvalue weighted by molar-refractivity contribution is -0.132. The van der Waals surface area contributed by atoms with E-state index >= 15 is 0 Å². The van der Waals surface area contributed by atoms with Crippen LogP contribution >= 0.6 is 0 Å². The molecule has 7 nitrogen and oxygen atoms in total. The number of rotatable bonds is 5. The van der Waals surface area contributed by atoms with Gasteiger partial charge in [-0.05, 0) is 30.2 Å². The zero-order chi connectivity index (χ0) is 21.8. The summed E-state index contributed by atoms with van der Waals surface area (Å²) in [6.07, 6.45) is -4.75. The maximum absolute atomic E-state index is 14.7. The van der Waals surface area contributed by atoms with E-state index < -0.39 is 36.5 Å². The van der Waals surface area contributed by atoms with Crippen LogP contribution in [0.4, 0.5) is 33.7 Å². The first kappa shape index (κ1) is 21.4. The van der Waals surface area contributed by atoms with Crippen LogP contribution in [-0.4, -0.2) is 56.9 Å². The Hall–Kier alpha value is -3.29. The fourth-order valence-electron chi connectivity index (χ4n) is 3.34. The fourth-order valence-corrected chi connectivity index (χ4v) is 3.34. The molecule has 11 heteroatoms. The molecule has 1 unspecified atom stereocenters. The third kappa shape index (κ3) is 4.64. The summed E-state index contributed by atoms with van der Waals surface area (Å²) in [5, 5.41) is 10.6. The second-order valence-corrected chi connectivity index (χ2v) is 6.81. The molecule has 2 atom stereocenters. The average molecular weight is 426 g/mol. The van der Waals surface area contributed by atoms with Gasteiger partial charge in [0, 0.05) is 12.6 Å². The largest absolute Gasteiger partial charge is 0.442 e. The number of nitriles is 1. The smallest absolute Gasteiger partial charge is 0.414 e. The zero-order valence-electron chi connectivity index (χ0n) is 15.7. The number of nitrogens with one attached hydrogen (secondary N) is 1. The Morgan fingerprint density at radius 3 is 2.80 bits per heavy atom. The Balaban J connectivity index is 1.65. The van der Waals surface area contributed by atoms with Crippen molar-refractivity contribution in [1.29, 1.82) is 5.26 Å². The van der Waals surface area contributed by atoms with Gasteiger partial charge in [0.2, 0.25) is 0 Å². The maximum atomic E-state index is 14.7. The molecule has 0 bridgehead atoms. The minimum atomic E-state index is -3.18. The number of anilines is 2. The summed E-state index contributed by atoms with van der Waals surface area (Å²) < 4.78 is 58.3. The van der Waals surface area contributed by atoms with Crippen molar-refractivity contribution in [1.82, 2.24) is 5.32 Å². The molecule has 1 aromatic carbocycles. The van der Waals surface area contributed by atoms with E-state index in [1.54, 1.807) is 6.07 Å². The maximum Gasteiger partial charge on any atom is 0.414 e. The molecule has 2 amide bonds. The van der Waals surface area contributed by atoms with Crippen LogP contribution in [-0.2, 0) is 9.53 Å². The number of carbonyl (C=O) groups is 2. The summed E-state index contributed by atoms with van der Waals surface area (Å²) in [5.74, 6) is -2.14. The Kier molecular flexibility index (Phi) is 6.44. The number of piperidine rings is 1. The summed E-state index contributed by atoms with van der Waals surface area (Å²) in [6.45, 7) is -0.112. The molecule has 0 aromatic heterocycles. The summed E-state index contributed by atoms with van der Waals surface area (Å²) in [5.41, 5.74) is 0.712. The van der Waals surface area contributed by atoms with Crippen LogP contribution in [0.25, 0.3) is 0 Å². The topological polar surface area (TPSA) is 85.7 Å². The molecule has 2 fully saturated rings. The minimum absolute atomic E-state index is 0.0558. The Bertz CT molecular complexity index is 902. The third-order valence-electron chi connectivity index (χ3n) is 4.86. The number of benzene rings is 1. The lowest BCUT2D eigenvalue weighted by Crippen LogP contribution is -2.38. The lowest BCUT2D eigenvalue weighted by atomic mass is 10.0. The molecule has 30 heavy (non-hydrogen) atoms. The normalized spacial score (nSPS) is 22.9. The second-order valence-electron chi connectivity index (χ2n) is 6.81. The highest BCUT2D eigenvalue weighted by Crippen LogP contribution is 2.31. The Morgan fingerprint density at radius 1 is 1.40 bits per heavy atom. The first-order chi connectivity index (χ1) is 14.3. The van der Waals surface area contributed by atoms with E-state index in [9.17, 15) is 27.2 Å². The lowest BCUT2D eigenvalue weighted by Gasteiger charge is -2.32. The Morgan fingerprint density at radius 2 is 2.17 bits per heavy atom. The summed E-state index contributed by atoms with van der Waals surface area (Å²) >= 11 is 0. The monoisotopic (exact) mass is 426 g/mol. The highest BCUT2D eigenvalue weighted by Gasteiger charge is 2.34. The fraction of sp³-hybridized carbons (Fsp3) is 0.421. The van der Waals surface area contributed by atoms with Crippen molar-refractivity contribution in [3.05, 3.63) is 35.7 Å². The highest BCUT2D eigenvalue weighted by atomic mass is 19.3. The molecule has 2 saturated heterocycles. The van der Waals surface area contributed by atoms with E-state index in [4.69, 9.17) is 10.00 Å². The predicted octanol–water partition coefficient (Wildman–Crippen LogP) is 2.53. The van der Waals surface area contributed by atoms with E-state index in [1.165, 1.54) is 23.1 Å². The van der Waals surface area contributed by atoms with Crippen molar-refractivity contribution >= 4 is 23.4 Å². The highest BCUT2D eigenvalue weighted by molar-refractivity contribution is 5.90. The van der Waals surface area contributed by atoms with E-state index in [0.717, 1.165) is 11.0 Å². The van der Waals surface area contributed by atoms with E-state index in [0.29, 0.717) is 18.5 Å². The molecule has 2 heterocycles. The second kappa shape index (κ2) is 9.02. The van der Waals surface area contributed by atoms with E-state index in [1.807, 2.05) is 5.32 Å². The van der Waals surface area contributed by atoms with Crippen LogP contribution in [0.2, 0.25) is 0 Å². The van der Waals surface area contributed by atoms with Crippen LogP contribution < -0.4 is 15.1 Å². The van der Waals surface area contributed by atoms with Gasteiger partial charge in [0.1, 0.15) is 18.1 Å². The van der Waals surface area contributed by atoms with Crippen molar-refractivity contribution in [3.8, 4) is 6.07 Å². The molecule has 0 spiro atoms. The molecule has 2 aliphatic heterocycles. The number of nitrogens with zero attached hydrogens (tertiary/aromatic N) is 3. The number of ether oxygens (including phenoxy) is 1. The van der Waals surface area contributed by atoms with E-state index in [-0.39, 0.29) is 31.0 Å². The van der Waals surface area contributed by atoms with Crippen LogP contribution in [0, 0.1) is 17.1 Å². The molecule has 1 aromatic rings. The van der Waals surface area contributed by atoms with Gasteiger partial charge in [0.15, 0.2) is 0 Å². The molecule has 0 saturated carbocycles. The first-order valence-electron chi connectivity index (χ1n) is 9.11. The van der Waals surface area contributed by atoms with Gasteiger partial charge in [0.25, 0.3) is 5.91 Å². The van der Waals surface area contributed by atoms with E-state index in [2.05, 4.69) is 0 Å². The van der Waals surface area contributed by atoms with Crippen molar-refractivity contribution < 1.29 is 31.9 Å². The molecule has 0 aliphatic carbocycles. The van der Waals surface area contributed by atoms with Crippen molar-refractivity contribution in [2.45, 2.75) is 25.1 Å². The molecule has 2 aliphatic rings. The number of halogens is 4. The summed E-state index contributed by atoms with van der Waals surface area (Å²) in [4.78, 5) is 25.6. The average Bonchev–Trinajstić information content (AvgIpc) is 3.08. The molecular weight excluding hydrogens is 408 g/mol. The van der Waals surface area contributed by atoms with Gasteiger partial charge in [-0.1, -0.05) is 0 Å². The van der Waals surface area contributed by atoms with Crippen LogP contribution in [0.3, 0.4) is 0 Å². The van der Waals surface area contributed by atoms with Crippen LogP contribution in [0.5, 0.6) is 0 Å². The minimum Gasteiger partial charge on any atom is -0.442 e. The van der Waals surface area contributed by atoms with Gasteiger partial charge < -0.3 is 15.0 Å². The number of cyclic esters (lactones) is 1. The molecule has 0 radical (unpaired) electrons. The van der Waals surface area contributed by atoms with Gasteiger partial charge >= 0.3 is 12.5 Å². The van der Waals surface area contributed by atoms with Crippen molar-refractivity contribution in [2.24, 2.45) is 0 Å². The van der Waals surface area contributed by atoms with Gasteiger partial charge in [-0.25, -0.2) is 13.6 Å². The number of alkyl halides is 3. The molecular formula is C19H18F4N4O3. The standard InChI is InChI=1S/C19H18F4N4O3/c20-14-7-12(27-9-13(30-19(27)29)8-25-18(28)17(22)23)1-2-16(14)26-6-4-11(3-5-24)15(21)10-26/h1-3,7,13,15,17H,4,6,8-10H2,(H,25,28)/t13?,15-/m1/s1. The van der Waals surface area contributed by atoms with Crippen LogP contribution in [0.1, 0.15) is 6.42 Å². The molecule has 1 N–H and O–H groups in total. The van der Waals surface area contributed by atoms with Gasteiger partial charge in [-0.3, -0.25) is 9.69 Å². The quantitative estimate of drug-likeness (QED) is 0.578. The molecule has 3 rings (SSSR count). The number of allylic oxidation sites excluding steroid dienone is 1. The summed E-state index contributed by atoms with van der Waals surface area (Å²) in [7, 11) is 0. The predicted molar refractivity (Wildman–Crippen MR) is 98.5 cm³/mol. The first-order valence-corrected chi connectivity index (χ1v) is 9.11. The number of carbonyl (C=O) groups excluding carboxylic acids is 2. The van der Waals surface area contributed by atoms with Gasteiger partial charge in [-0.2, -0.15) is 14.0 Å². The zero-order valence-corrected chi connectivity index (χ0v) is 15.7. The van der Waals surface area contributed by atoms with Crippen molar-refractivity contribution in [2.75, 3.05) is 36.0 Å². The summed E-state index contributed by atoms with van der Waals surface area (Å²) in [6, 6.07) is 5.78. The Labute approximate surface area is 169 Å².